The van der Waals surface area contributed by atoms with Crippen molar-refractivity contribution in [2.24, 2.45) is 0 Å². The number of anilines is 2. The first-order valence-electron chi connectivity index (χ1n) is 7.12. The number of para-hydroxylation sites is 1. The summed E-state index contributed by atoms with van der Waals surface area (Å²) in [6.07, 6.45) is 0.304. The van der Waals surface area contributed by atoms with Gasteiger partial charge in [-0.1, -0.05) is 30.3 Å². The predicted molar refractivity (Wildman–Crippen MR) is 86.4 cm³/mol. The lowest BCUT2D eigenvalue weighted by atomic mass is 10.1. The lowest BCUT2D eigenvalue weighted by Crippen LogP contribution is -2.23. The van der Waals surface area contributed by atoms with Crippen molar-refractivity contribution in [3.63, 3.8) is 0 Å². The van der Waals surface area contributed by atoms with Crippen LogP contribution in [0.15, 0.2) is 59.4 Å². The fourth-order valence-corrected chi connectivity index (χ4v) is 2.19. The topological polar surface area (TPSA) is 61.9 Å². The first-order chi connectivity index (χ1) is 11.1. The van der Waals surface area contributed by atoms with Crippen molar-refractivity contribution in [2.75, 3.05) is 11.9 Å². The number of nitrogens with one attached hydrogen (secondary N) is 1. The predicted octanol–water partition coefficient (Wildman–Crippen LogP) is 2.66. The molecule has 3 rings (SSSR count). The summed E-state index contributed by atoms with van der Waals surface area (Å²) >= 11 is 0. The zero-order valence-corrected chi connectivity index (χ0v) is 12.5. The van der Waals surface area contributed by atoms with Crippen LogP contribution in [0, 0.1) is 5.82 Å². The Bertz CT molecular complexity index is 846. The largest absolute Gasteiger partial charge is 0.314 e. The number of hydrogen-bond donors (Lipinski definition) is 1. The Kier molecular flexibility index (Phi) is 4.14. The van der Waals surface area contributed by atoms with E-state index in [0.717, 1.165) is 11.3 Å². The fourth-order valence-electron chi connectivity index (χ4n) is 2.19. The molecule has 2 aromatic carbocycles. The number of nitrogens with zero attached hydrogens (tertiary/aromatic N) is 3. The molecule has 0 amide bonds. The van der Waals surface area contributed by atoms with Crippen LogP contribution in [0.1, 0.15) is 11.3 Å². The summed E-state index contributed by atoms with van der Waals surface area (Å²) in [5.74, 6) is 0.0534. The van der Waals surface area contributed by atoms with Gasteiger partial charge in [-0.15, -0.1) is 10.2 Å². The third kappa shape index (κ3) is 3.42. The van der Waals surface area contributed by atoms with Gasteiger partial charge in [-0.2, -0.15) is 0 Å². The maximum Gasteiger partial charge on any atom is 0.274 e. The molecule has 0 spiro atoms. The highest BCUT2D eigenvalue weighted by atomic mass is 19.1. The van der Waals surface area contributed by atoms with Crippen LogP contribution in [-0.2, 0) is 6.42 Å². The van der Waals surface area contributed by atoms with Crippen LogP contribution in [0.25, 0.3) is 0 Å². The Hall–Kier alpha value is -3.02. The Balaban J connectivity index is 1.83. The van der Waals surface area contributed by atoms with Crippen LogP contribution >= 0.6 is 0 Å². The minimum Gasteiger partial charge on any atom is -0.314 e. The molecular weight excluding hydrogens is 295 g/mol. The van der Waals surface area contributed by atoms with E-state index in [1.54, 1.807) is 24.1 Å². The van der Waals surface area contributed by atoms with E-state index in [1.807, 2.05) is 30.3 Å². The molecule has 0 saturated heterocycles. The lowest BCUT2D eigenvalue weighted by molar-refractivity contribution is 0.627. The van der Waals surface area contributed by atoms with E-state index in [2.05, 4.69) is 15.2 Å². The van der Waals surface area contributed by atoms with Gasteiger partial charge in [-0.3, -0.25) is 9.78 Å². The zero-order valence-electron chi connectivity index (χ0n) is 12.5. The highest BCUT2D eigenvalue weighted by Crippen LogP contribution is 2.17. The molecule has 0 bridgehead atoms. The van der Waals surface area contributed by atoms with Gasteiger partial charge in [-0.05, 0) is 29.8 Å². The maximum atomic E-state index is 12.9. The lowest BCUT2D eigenvalue weighted by Gasteiger charge is -2.16. The molecular formula is C17H15FN4O. The van der Waals surface area contributed by atoms with E-state index >= 15 is 0 Å². The Labute approximate surface area is 132 Å². The SMILES string of the molecule is CN(c1ccccc1)c1nnc(Cc2ccc(F)cc2)c(=O)[nH]1. The van der Waals surface area contributed by atoms with Crippen LogP contribution in [0.2, 0.25) is 0 Å². The van der Waals surface area contributed by atoms with Crippen LogP contribution < -0.4 is 10.5 Å². The minimum absolute atomic E-state index is 0.293. The summed E-state index contributed by atoms with van der Waals surface area (Å²) in [7, 11) is 1.80. The normalized spacial score (nSPS) is 10.5. The third-order valence-corrected chi connectivity index (χ3v) is 3.50. The standard InChI is InChI=1S/C17H15FN4O/c1-22(14-5-3-2-4-6-14)17-19-16(23)15(20-21-17)11-12-7-9-13(18)10-8-12/h2-10H,11H2,1H3,(H,19,21,23). The van der Waals surface area contributed by atoms with Crippen LogP contribution in [0.5, 0.6) is 0 Å². The molecule has 5 nitrogen and oxygen atoms in total. The van der Waals surface area contributed by atoms with Crippen molar-refractivity contribution in [3.05, 3.63) is 82.0 Å². The number of H-pyrrole nitrogens is 1. The van der Waals surface area contributed by atoms with Gasteiger partial charge in [0.05, 0.1) is 0 Å². The van der Waals surface area contributed by atoms with E-state index in [0.29, 0.717) is 18.1 Å². The van der Waals surface area contributed by atoms with Crippen molar-refractivity contribution in [3.8, 4) is 0 Å². The summed E-state index contributed by atoms with van der Waals surface area (Å²) in [5, 5.41) is 8.09. The van der Waals surface area contributed by atoms with Gasteiger partial charge < -0.3 is 4.90 Å². The number of aromatic amines is 1. The van der Waals surface area contributed by atoms with E-state index in [9.17, 15) is 9.18 Å². The summed E-state index contributed by atoms with van der Waals surface area (Å²) in [6, 6.07) is 15.5. The van der Waals surface area contributed by atoms with E-state index in [-0.39, 0.29) is 11.4 Å². The van der Waals surface area contributed by atoms with E-state index in [4.69, 9.17) is 0 Å². The fraction of sp³-hybridized carbons (Fsp3) is 0.118. The number of hydrogen-bond acceptors (Lipinski definition) is 4. The van der Waals surface area contributed by atoms with Crippen molar-refractivity contribution >= 4 is 11.6 Å². The average Bonchev–Trinajstić information content (AvgIpc) is 2.59. The van der Waals surface area contributed by atoms with Crippen LogP contribution in [-0.4, -0.2) is 22.2 Å². The van der Waals surface area contributed by atoms with Gasteiger partial charge in [0.1, 0.15) is 11.5 Å². The highest BCUT2D eigenvalue weighted by Gasteiger charge is 2.10. The second kappa shape index (κ2) is 6.39. The van der Waals surface area contributed by atoms with Crippen LogP contribution in [0.4, 0.5) is 16.0 Å². The summed E-state index contributed by atoms with van der Waals surface area (Å²) in [5.41, 5.74) is 1.68. The number of rotatable bonds is 4. The zero-order chi connectivity index (χ0) is 16.2. The van der Waals surface area contributed by atoms with Gasteiger partial charge in [0, 0.05) is 19.2 Å². The molecule has 0 aliphatic carbocycles. The quantitative estimate of drug-likeness (QED) is 0.805. The molecule has 0 unspecified atom stereocenters. The van der Waals surface area contributed by atoms with Crippen LogP contribution in [0.3, 0.4) is 0 Å². The smallest absolute Gasteiger partial charge is 0.274 e. The van der Waals surface area contributed by atoms with Gasteiger partial charge in [0.25, 0.3) is 5.56 Å². The molecule has 0 aliphatic heterocycles. The van der Waals surface area contributed by atoms with Gasteiger partial charge in [0.15, 0.2) is 0 Å². The monoisotopic (exact) mass is 310 g/mol. The van der Waals surface area contributed by atoms with Crippen molar-refractivity contribution < 1.29 is 4.39 Å². The van der Waals surface area contributed by atoms with Gasteiger partial charge >= 0.3 is 0 Å². The van der Waals surface area contributed by atoms with Gasteiger partial charge in [-0.25, -0.2) is 4.39 Å². The number of benzene rings is 2. The molecule has 0 atom stereocenters. The first-order valence-corrected chi connectivity index (χ1v) is 7.12. The Morgan fingerprint density at radius 2 is 1.74 bits per heavy atom. The average molecular weight is 310 g/mol. The van der Waals surface area contributed by atoms with Gasteiger partial charge in [0.2, 0.25) is 5.95 Å². The Morgan fingerprint density at radius 3 is 2.39 bits per heavy atom. The summed E-state index contributed by atoms with van der Waals surface area (Å²) in [6.45, 7) is 0. The molecule has 0 radical (unpaired) electrons. The van der Waals surface area contributed by atoms with Crippen molar-refractivity contribution in [2.45, 2.75) is 6.42 Å². The molecule has 23 heavy (non-hydrogen) atoms. The molecule has 0 aliphatic rings. The maximum absolute atomic E-state index is 12.9. The van der Waals surface area contributed by atoms with E-state index < -0.39 is 0 Å². The number of aromatic nitrogens is 3. The van der Waals surface area contributed by atoms with Crippen molar-refractivity contribution in [1.82, 2.24) is 15.2 Å². The minimum atomic E-state index is -0.312. The molecule has 1 aromatic heterocycles. The summed E-state index contributed by atoms with van der Waals surface area (Å²) in [4.78, 5) is 16.7. The van der Waals surface area contributed by atoms with E-state index in [1.165, 1.54) is 12.1 Å². The first kappa shape index (κ1) is 14.9. The molecule has 1 heterocycles. The number of halogens is 1. The molecule has 0 fully saturated rings. The second-order valence-electron chi connectivity index (χ2n) is 5.12. The second-order valence-corrected chi connectivity index (χ2v) is 5.12. The third-order valence-electron chi connectivity index (χ3n) is 3.50. The molecule has 1 N–H and O–H groups in total. The molecule has 116 valence electrons. The van der Waals surface area contributed by atoms with Crippen molar-refractivity contribution in [1.29, 1.82) is 0 Å². The summed E-state index contributed by atoms with van der Waals surface area (Å²) < 4.78 is 12.9. The molecule has 6 heteroatoms. The molecule has 0 saturated carbocycles. The Morgan fingerprint density at radius 1 is 1.04 bits per heavy atom. The molecule has 3 aromatic rings. The highest BCUT2D eigenvalue weighted by molar-refractivity contribution is 5.55.